The molecule has 4 aliphatic rings. The summed E-state index contributed by atoms with van der Waals surface area (Å²) in [6, 6.07) is 6.59. The monoisotopic (exact) mass is 422 g/mol. The van der Waals surface area contributed by atoms with E-state index in [2.05, 4.69) is 55.3 Å². The molecule has 4 nitrogen and oxygen atoms in total. The Kier molecular flexibility index (Phi) is 5.40. The highest BCUT2D eigenvalue weighted by Crippen LogP contribution is 2.56. The van der Waals surface area contributed by atoms with Crippen LogP contribution in [0.2, 0.25) is 0 Å². The molecule has 2 aliphatic heterocycles. The van der Waals surface area contributed by atoms with Crippen LogP contribution in [0.5, 0.6) is 0 Å². The number of allylic oxidation sites excluding steroid dienone is 1. The number of ether oxygens (including phenoxy) is 1. The van der Waals surface area contributed by atoms with Gasteiger partial charge in [0, 0.05) is 44.3 Å². The zero-order valence-corrected chi connectivity index (χ0v) is 19.5. The molecular weight excluding hydrogens is 384 g/mol. The Hall–Kier alpha value is -1.81. The lowest BCUT2D eigenvalue weighted by Gasteiger charge is -2.50. The molecule has 0 unspecified atom stereocenters. The molecule has 5 rings (SSSR count). The van der Waals surface area contributed by atoms with Crippen molar-refractivity contribution in [3.63, 3.8) is 0 Å². The summed E-state index contributed by atoms with van der Waals surface area (Å²) in [5, 5.41) is 0. The van der Waals surface area contributed by atoms with E-state index in [1.165, 1.54) is 35.2 Å². The molecule has 0 N–H and O–H groups in total. The van der Waals surface area contributed by atoms with E-state index in [0.717, 1.165) is 52.0 Å². The number of aryl methyl sites for hydroxylation is 1. The van der Waals surface area contributed by atoms with Gasteiger partial charge < -0.3 is 9.64 Å². The van der Waals surface area contributed by atoms with Gasteiger partial charge in [-0.1, -0.05) is 31.2 Å². The molecule has 2 saturated heterocycles. The van der Waals surface area contributed by atoms with Crippen molar-refractivity contribution in [3.05, 3.63) is 41.5 Å². The number of esters is 1. The van der Waals surface area contributed by atoms with Gasteiger partial charge in [0.2, 0.25) is 0 Å². The van der Waals surface area contributed by atoms with Crippen LogP contribution in [-0.4, -0.2) is 49.7 Å². The van der Waals surface area contributed by atoms with E-state index in [1.54, 1.807) is 0 Å². The minimum absolute atomic E-state index is 0.0385. The summed E-state index contributed by atoms with van der Waals surface area (Å²) in [4.78, 5) is 17.9. The van der Waals surface area contributed by atoms with Gasteiger partial charge in [-0.3, -0.25) is 9.69 Å². The molecule has 168 valence electrons. The van der Waals surface area contributed by atoms with Crippen LogP contribution in [-0.2, 0) is 9.53 Å². The number of fused-ring (bicyclic) bond motifs is 2. The molecule has 0 radical (unpaired) electrons. The van der Waals surface area contributed by atoms with Crippen molar-refractivity contribution in [3.8, 4) is 0 Å². The van der Waals surface area contributed by atoms with E-state index in [9.17, 15) is 4.79 Å². The summed E-state index contributed by atoms with van der Waals surface area (Å²) in [7, 11) is 0. The molecule has 0 bridgehead atoms. The quantitative estimate of drug-likeness (QED) is 0.520. The molecule has 4 heteroatoms. The van der Waals surface area contributed by atoms with E-state index in [1.807, 2.05) is 0 Å². The second kappa shape index (κ2) is 7.95. The summed E-state index contributed by atoms with van der Waals surface area (Å²) in [6.07, 6.45) is 5.91. The summed E-state index contributed by atoms with van der Waals surface area (Å²) in [5.74, 6) is 1.04. The maximum absolute atomic E-state index is 12.9. The molecule has 5 atom stereocenters. The number of hydrogen-bond donors (Lipinski definition) is 0. The van der Waals surface area contributed by atoms with E-state index >= 15 is 0 Å². The summed E-state index contributed by atoms with van der Waals surface area (Å²) < 4.78 is 5.98. The first-order valence-corrected chi connectivity index (χ1v) is 12.3. The third kappa shape index (κ3) is 3.71. The maximum atomic E-state index is 12.9. The first-order valence-electron chi connectivity index (χ1n) is 12.3. The van der Waals surface area contributed by atoms with Gasteiger partial charge in [-0.05, 0) is 74.5 Å². The van der Waals surface area contributed by atoms with Crippen LogP contribution < -0.4 is 4.90 Å². The summed E-state index contributed by atoms with van der Waals surface area (Å²) >= 11 is 0. The predicted octanol–water partition coefficient (Wildman–Crippen LogP) is 4.74. The number of piperazine rings is 1. The van der Waals surface area contributed by atoms with Gasteiger partial charge in [0.25, 0.3) is 0 Å². The van der Waals surface area contributed by atoms with E-state index in [0.29, 0.717) is 11.8 Å². The smallest absolute Gasteiger partial charge is 0.310 e. The number of hydrogen-bond acceptors (Lipinski definition) is 4. The highest BCUT2D eigenvalue weighted by atomic mass is 16.6. The van der Waals surface area contributed by atoms with Gasteiger partial charge in [0.15, 0.2) is 0 Å². The molecule has 2 saturated carbocycles. The molecule has 0 spiro atoms. The highest BCUT2D eigenvalue weighted by molar-refractivity contribution is 5.75. The van der Waals surface area contributed by atoms with Crippen LogP contribution >= 0.6 is 0 Å². The normalized spacial score (nSPS) is 36.2. The Labute approximate surface area is 187 Å². The Morgan fingerprint density at radius 3 is 2.74 bits per heavy atom. The molecule has 2 aliphatic carbocycles. The molecule has 2 heterocycles. The minimum Gasteiger partial charge on any atom is -0.462 e. The first-order chi connectivity index (χ1) is 14.9. The second-order valence-corrected chi connectivity index (χ2v) is 10.9. The van der Waals surface area contributed by atoms with E-state index in [-0.39, 0.29) is 23.4 Å². The Bertz CT molecular complexity index is 872. The Morgan fingerprint density at radius 2 is 1.97 bits per heavy atom. The lowest BCUT2D eigenvalue weighted by atomic mass is 9.55. The number of rotatable bonds is 3. The van der Waals surface area contributed by atoms with E-state index < -0.39 is 0 Å². The fraction of sp³-hybridized carbons (Fsp3) is 0.667. The van der Waals surface area contributed by atoms with Crippen LogP contribution in [0.1, 0.15) is 50.2 Å². The van der Waals surface area contributed by atoms with Gasteiger partial charge in [0.05, 0.1) is 5.92 Å². The molecule has 0 amide bonds. The van der Waals surface area contributed by atoms with Crippen molar-refractivity contribution in [2.75, 3.05) is 37.6 Å². The maximum Gasteiger partial charge on any atom is 0.310 e. The fourth-order valence-electron chi connectivity index (χ4n) is 6.99. The third-order valence-corrected chi connectivity index (χ3v) is 9.06. The van der Waals surface area contributed by atoms with Crippen LogP contribution in [0.4, 0.5) is 5.69 Å². The zero-order valence-electron chi connectivity index (χ0n) is 19.5. The van der Waals surface area contributed by atoms with Crippen LogP contribution in [0.25, 0.3) is 0 Å². The topological polar surface area (TPSA) is 32.8 Å². The van der Waals surface area contributed by atoms with Crippen LogP contribution in [0, 0.1) is 37.0 Å². The van der Waals surface area contributed by atoms with Crippen molar-refractivity contribution in [1.82, 2.24) is 4.90 Å². The van der Waals surface area contributed by atoms with Crippen LogP contribution in [0.3, 0.4) is 0 Å². The summed E-state index contributed by atoms with van der Waals surface area (Å²) in [6.45, 7) is 16.2. The fourth-order valence-corrected chi connectivity index (χ4v) is 6.99. The van der Waals surface area contributed by atoms with Crippen LogP contribution in [0.15, 0.2) is 30.4 Å². The average Bonchev–Trinajstić information content (AvgIpc) is 3.03. The lowest BCUT2D eigenvalue weighted by Crippen LogP contribution is -2.50. The predicted molar refractivity (Wildman–Crippen MR) is 125 cm³/mol. The Balaban J connectivity index is 1.23. The molecule has 1 aromatic rings. The van der Waals surface area contributed by atoms with Gasteiger partial charge in [0.1, 0.15) is 6.10 Å². The number of carbonyl (C=O) groups excluding carboxylic acids is 1. The largest absolute Gasteiger partial charge is 0.462 e. The molecule has 31 heavy (non-hydrogen) atoms. The highest BCUT2D eigenvalue weighted by Gasteiger charge is 2.55. The third-order valence-electron chi connectivity index (χ3n) is 9.06. The number of anilines is 1. The minimum atomic E-state index is 0.0385. The number of benzene rings is 1. The molecule has 1 aromatic carbocycles. The number of carbonyl (C=O) groups is 1. The summed E-state index contributed by atoms with van der Waals surface area (Å²) in [5.41, 5.74) is 5.81. The second-order valence-electron chi connectivity index (χ2n) is 10.9. The zero-order chi connectivity index (χ0) is 21.8. The first kappa shape index (κ1) is 21.1. The van der Waals surface area contributed by atoms with Gasteiger partial charge in [-0.15, -0.1) is 0 Å². The average molecular weight is 423 g/mol. The van der Waals surface area contributed by atoms with Crippen molar-refractivity contribution in [2.24, 2.45) is 23.2 Å². The standard InChI is InChI=1S/C27H38N2O2/c1-18-7-5-9-24(20(18)3)29-13-11-28(12-14-29)17-22-21-15-23-19(2)8-6-10-27(23,4)16-25(21)31-26(22)30/h5,7,9,21-23,25H,2,6,8,10-17H2,1,3-4H3/t21-,22+,23+,25+,27+/m0/s1. The molecular formula is C27H38N2O2. The van der Waals surface area contributed by atoms with Gasteiger partial charge in [-0.2, -0.15) is 0 Å². The van der Waals surface area contributed by atoms with Crippen molar-refractivity contribution in [1.29, 1.82) is 0 Å². The van der Waals surface area contributed by atoms with E-state index in [4.69, 9.17) is 4.74 Å². The van der Waals surface area contributed by atoms with Gasteiger partial charge >= 0.3 is 5.97 Å². The van der Waals surface area contributed by atoms with Gasteiger partial charge in [-0.25, -0.2) is 0 Å². The SMILES string of the molecule is C=C1CCC[C@]2(C)C[C@H]3OC(=O)[C@H](CN4CCN(c5cccc(C)c5C)CC4)[C@@H]3C[C@H]12. The lowest BCUT2D eigenvalue weighted by molar-refractivity contribution is -0.146. The molecule has 0 aromatic heterocycles. The Morgan fingerprint density at radius 1 is 1.19 bits per heavy atom. The van der Waals surface area contributed by atoms with Crippen molar-refractivity contribution >= 4 is 11.7 Å². The van der Waals surface area contributed by atoms with Crippen molar-refractivity contribution < 1.29 is 9.53 Å². The molecule has 4 fully saturated rings. The number of nitrogens with zero attached hydrogens (tertiary/aromatic N) is 2. The van der Waals surface area contributed by atoms with Crippen molar-refractivity contribution in [2.45, 2.75) is 59.0 Å².